The quantitative estimate of drug-likeness (QED) is 0.604. The molecule has 0 bridgehead atoms. The van der Waals surface area contributed by atoms with E-state index in [0.29, 0.717) is 0 Å². The molecule has 0 spiro atoms. The van der Waals surface area contributed by atoms with Gasteiger partial charge in [0, 0.05) is 5.54 Å². The molecular formula is C17H32N2O3. The summed E-state index contributed by atoms with van der Waals surface area (Å²) in [5.41, 5.74) is 0.413. The highest BCUT2D eigenvalue weighted by Gasteiger charge is 2.34. The molecule has 5 heteroatoms. The third-order valence-corrected chi connectivity index (χ3v) is 3.99. The number of hydrogen-bond donors (Lipinski definition) is 1. The van der Waals surface area contributed by atoms with Gasteiger partial charge in [-0.15, -0.1) is 0 Å². The molecule has 0 aromatic carbocycles. The first-order valence-corrected chi connectivity index (χ1v) is 8.40. The first kappa shape index (κ1) is 18.8. The van der Waals surface area contributed by atoms with Crippen molar-refractivity contribution >= 4 is 11.8 Å². The molecule has 1 aliphatic rings. The number of carbonyl (C=O) groups excluding carboxylic acids is 1. The number of carbonyl (C=O) groups is 1. The van der Waals surface area contributed by atoms with Crippen LogP contribution in [-0.4, -0.2) is 29.0 Å². The van der Waals surface area contributed by atoms with Gasteiger partial charge in [-0.05, 0) is 66.2 Å². The Morgan fingerprint density at radius 3 is 2.23 bits per heavy atom. The fraction of sp³-hybridized carbons (Fsp3) is 0.882. The van der Waals surface area contributed by atoms with Crippen molar-refractivity contribution in [2.45, 2.75) is 97.3 Å². The van der Waals surface area contributed by atoms with Crippen LogP contribution in [0.15, 0.2) is 5.16 Å². The van der Waals surface area contributed by atoms with Crippen LogP contribution in [0.2, 0.25) is 0 Å². The minimum absolute atomic E-state index is 0.154. The van der Waals surface area contributed by atoms with E-state index in [-0.39, 0.29) is 17.7 Å². The van der Waals surface area contributed by atoms with Crippen LogP contribution >= 0.6 is 0 Å². The lowest BCUT2D eigenvalue weighted by Crippen LogP contribution is -2.50. The second kappa shape index (κ2) is 7.84. The molecule has 1 rings (SSSR count). The van der Waals surface area contributed by atoms with Crippen molar-refractivity contribution in [3.63, 3.8) is 0 Å². The predicted molar refractivity (Wildman–Crippen MR) is 89.1 cm³/mol. The van der Waals surface area contributed by atoms with E-state index in [1.54, 1.807) is 0 Å². The molecular weight excluding hydrogens is 280 g/mol. The Balaban J connectivity index is 2.43. The lowest BCUT2D eigenvalue weighted by Gasteiger charge is -2.37. The maximum Gasteiger partial charge on any atom is 0.408 e. The van der Waals surface area contributed by atoms with E-state index in [1.807, 2.05) is 20.8 Å². The molecule has 0 aromatic rings. The fourth-order valence-electron chi connectivity index (χ4n) is 2.54. The predicted octanol–water partition coefficient (Wildman–Crippen LogP) is 4.41. The molecule has 1 aliphatic carbocycles. The van der Waals surface area contributed by atoms with Gasteiger partial charge in [-0.3, -0.25) is 0 Å². The maximum atomic E-state index is 11.9. The summed E-state index contributed by atoms with van der Waals surface area (Å²) in [4.78, 5) is 17.6. The van der Waals surface area contributed by atoms with Gasteiger partial charge in [-0.1, -0.05) is 19.0 Å². The average molecular weight is 312 g/mol. The van der Waals surface area contributed by atoms with E-state index in [2.05, 4.69) is 31.2 Å². The highest BCUT2D eigenvalue weighted by atomic mass is 16.6. The lowest BCUT2D eigenvalue weighted by molar-refractivity contribution is 0.00675. The van der Waals surface area contributed by atoms with Gasteiger partial charge in [-0.25, -0.2) is 4.79 Å². The summed E-state index contributed by atoms with van der Waals surface area (Å²) in [7, 11) is 0. The number of amides is 1. The normalized spacial score (nSPS) is 25.3. The standard InChI is InChI=1S/C17H32N2O3/c1-7-13(8-2)19-22-14-9-11-17(6,12-10-14)18-15(20)21-16(3,4)5/h14H,7-12H2,1-6H3,(H,18,20). The third kappa shape index (κ3) is 6.67. The molecule has 0 atom stereocenters. The van der Waals surface area contributed by atoms with Crippen molar-refractivity contribution < 1.29 is 14.4 Å². The Morgan fingerprint density at radius 1 is 1.23 bits per heavy atom. The fourth-order valence-corrected chi connectivity index (χ4v) is 2.54. The van der Waals surface area contributed by atoms with E-state index in [9.17, 15) is 4.79 Å². The summed E-state index contributed by atoms with van der Waals surface area (Å²) in [6, 6.07) is 0. The highest BCUT2D eigenvalue weighted by molar-refractivity contribution is 5.83. The minimum Gasteiger partial charge on any atom is -0.444 e. The molecule has 1 amide bonds. The Hall–Kier alpha value is -1.26. The number of rotatable bonds is 5. The van der Waals surface area contributed by atoms with Gasteiger partial charge in [0.2, 0.25) is 0 Å². The van der Waals surface area contributed by atoms with Crippen molar-refractivity contribution in [2.75, 3.05) is 0 Å². The van der Waals surface area contributed by atoms with Gasteiger partial charge >= 0.3 is 6.09 Å². The van der Waals surface area contributed by atoms with Crippen LogP contribution in [0, 0.1) is 0 Å². The molecule has 5 nitrogen and oxygen atoms in total. The summed E-state index contributed by atoms with van der Waals surface area (Å²) in [6.07, 6.45) is 5.23. The topological polar surface area (TPSA) is 59.9 Å². The molecule has 1 fully saturated rings. The van der Waals surface area contributed by atoms with E-state index in [4.69, 9.17) is 9.57 Å². The van der Waals surface area contributed by atoms with E-state index in [1.165, 1.54) is 0 Å². The van der Waals surface area contributed by atoms with Crippen LogP contribution in [0.1, 0.15) is 80.1 Å². The molecule has 0 aromatic heterocycles. The number of nitrogens with one attached hydrogen (secondary N) is 1. The minimum atomic E-state index is -0.466. The van der Waals surface area contributed by atoms with Crippen LogP contribution in [-0.2, 0) is 9.57 Å². The molecule has 22 heavy (non-hydrogen) atoms. The summed E-state index contributed by atoms with van der Waals surface area (Å²) in [5.74, 6) is 0. The van der Waals surface area contributed by atoms with Crippen molar-refractivity contribution in [1.82, 2.24) is 5.32 Å². The zero-order valence-electron chi connectivity index (χ0n) is 15.0. The average Bonchev–Trinajstić information content (AvgIpc) is 2.39. The summed E-state index contributed by atoms with van der Waals surface area (Å²) < 4.78 is 5.34. The van der Waals surface area contributed by atoms with E-state index < -0.39 is 5.60 Å². The largest absolute Gasteiger partial charge is 0.444 e. The van der Waals surface area contributed by atoms with Gasteiger partial charge in [-0.2, -0.15) is 0 Å². The number of alkyl carbamates (subject to hydrolysis) is 1. The SMILES string of the molecule is CCC(CC)=NOC1CCC(C)(NC(=O)OC(C)(C)C)CC1. The highest BCUT2D eigenvalue weighted by Crippen LogP contribution is 2.30. The van der Waals surface area contributed by atoms with Crippen molar-refractivity contribution in [3.05, 3.63) is 0 Å². The second-order valence-corrected chi connectivity index (χ2v) is 7.36. The number of hydrogen-bond acceptors (Lipinski definition) is 4. The van der Waals surface area contributed by atoms with Crippen LogP contribution in [0.3, 0.4) is 0 Å². The molecule has 0 unspecified atom stereocenters. The molecule has 0 aliphatic heterocycles. The van der Waals surface area contributed by atoms with Crippen LogP contribution in [0.4, 0.5) is 4.79 Å². The van der Waals surface area contributed by atoms with Crippen LogP contribution in [0.5, 0.6) is 0 Å². The number of ether oxygens (including phenoxy) is 1. The van der Waals surface area contributed by atoms with Crippen molar-refractivity contribution in [1.29, 1.82) is 0 Å². The second-order valence-electron chi connectivity index (χ2n) is 7.36. The van der Waals surface area contributed by atoms with Crippen molar-refractivity contribution in [3.8, 4) is 0 Å². The monoisotopic (exact) mass is 312 g/mol. The van der Waals surface area contributed by atoms with Gasteiger partial charge in [0.15, 0.2) is 0 Å². The first-order chi connectivity index (χ1) is 10.2. The van der Waals surface area contributed by atoms with Gasteiger partial charge in [0.05, 0.1) is 5.71 Å². The zero-order chi connectivity index (χ0) is 16.8. The molecule has 1 saturated carbocycles. The van der Waals surface area contributed by atoms with E-state index >= 15 is 0 Å². The lowest BCUT2D eigenvalue weighted by atomic mass is 9.82. The molecule has 0 radical (unpaired) electrons. The number of oxime groups is 1. The Kier molecular flexibility index (Phi) is 6.69. The molecule has 0 heterocycles. The van der Waals surface area contributed by atoms with Gasteiger partial charge < -0.3 is 14.9 Å². The van der Waals surface area contributed by atoms with Crippen LogP contribution in [0.25, 0.3) is 0 Å². The maximum absolute atomic E-state index is 11.9. The summed E-state index contributed by atoms with van der Waals surface area (Å²) in [5, 5.41) is 7.25. The summed E-state index contributed by atoms with van der Waals surface area (Å²) in [6.45, 7) is 11.9. The first-order valence-electron chi connectivity index (χ1n) is 8.40. The van der Waals surface area contributed by atoms with E-state index in [0.717, 1.165) is 44.2 Å². The Morgan fingerprint density at radius 2 is 1.77 bits per heavy atom. The van der Waals surface area contributed by atoms with Gasteiger partial charge in [0.25, 0.3) is 0 Å². The van der Waals surface area contributed by atoms with Crippen molar-refractivity contribution in [2.24, 2.45) is 5.16 Å². The van der Waals surface area contributed by atoms with Crippen LogP contribution < -0.4 is 5.32 Å². The smallest absolute Gasteiger partial charge is 0.408 e. The van der Waals surface area contributed by atoms with Gasteiger partial charge in [0.1, 0.15) is 11.7 Å². The molecule has 128 valence electrons. The number of nitrogens with zero attached hydrogens (tertiary/aromatic N) is 1. The zero-order valence-corrected chi connectivity index (χ0v) is 15.0. The molecule has 0 saturated heterocycles. The molecule has 1 N–H and O–H groups in total. The third-order valence-electron chi connectivity index (χ3n) is 3.99. The summed E-state index contributed by atoms with van der Waals surface area (Å²) >= 11 is 0. The Bertz CT molecular complexity index is 385. The Labute approximate surface area is 134 Å².